The second-order valence-electron chi connectivity index (χ2n) is 7.32. The highest BCUT2D eigenvalue weighted by Gasteiger charge is 2.47. The lowest BCUT2D eigenvalue weighted by atomic mass is 9.88. The Morgan fingerprint density at radius 2 is 1.89 bits per heavy atom. The quantitative estimate of drug-likeness (QED) is 0.729. The fraction of sp³-hybridized carbons (Fsp3) is 0.526. The number of benzene rings is 1. The van der Waals surface area contributed by atoms with Crippen LogP contribution in [0.25, 0.3) is 0 Å². The lowest BCUT2D eigenvalue weighted by Gasteiger charge is -2.28. The summed E-state index contributed by atoms with van der Waals surface area (Å²) in [5.74, 6) is -5.04. The number of nitrogens with one attached hydrogen (secondary N) is 1. The first-order valence-corrected chi connectivity index (χ1v) is 8.89. The van der Waals surface area contributed by atoms with Gasteiger partial charge in [0, 0.05) is 20.2 Å². The molecule has 0 aromatic heterocycles. The third-order valence-corrected chi connectivity index (χ3v) is 4.95. The summed E-state index contributed by atoms with van der Waals surface area (Å²) < 4.78 is 32.7. The van der Waals surface area contributed by atoms with Crippen molar-refractivity contribution in [2.24, 2.45) is 11.3 Å². The van der Waals surface area contributed by atoms with Gasteiger partial charge in [0.15, 0.2) is 0 Å². The van der Waals surface area contributed by atoms with Gasteiger partial charge in [-0.1, -0.05) is 19.9 Å². The van der Waals surface area contributed by atoms with Crippen molar-refractivity contribution in [3.63, 3.8) is 0 Å². The highest BCUT2D eigenvalue weighted by molar-refractivity contribution is 5.98. The SMILES string of the molecule is COCC1(C(=O)O)CCN(C(=O)C(NC(=O)c2c(F)cccc2F)C(C)C)C1. The van der Waals surface area contributed by atoms with Gasteiger partial charge in [0.05, 0.1) is 6.61 Å². The fourth-order valence-electron chi connectivity index (χ4n) is 3.33. The number of methoxy groups -OCH3 is 1. The summed E-state index contributed by atoms with van der Waals surface area (Å²) in [7, 11) is 1.38. The number of likely N-dealkylation sites (tertiary alicyclic amines) is 1. The molecule has 2 rings (SSSR count). The van der Waals surface area contributed by atoms with E-state index < -0.39 is 46.4 Å². The molecule has 2 atom stereocenters. The van der Waals surface area contributed by atoms with Crippen molar-refractivity contribution in [3.8, 4) is 0 Å². The van der Waals surface area contributed by atoms with Crippen LogP contribution in [0.3, 0.4) is 0 Å². The molecular weight excluding hydrogens is 374 g/mol. The van der Waals surface area contributed by atoms with Crippen molar-refractivity contribution in [1.82, 2.24) is 10.2 Å². The largest absolute Gasteiger partial charge is 0.481 e. The highest BCUT2D eigenvalue weighted by Crippen LogP contribution is 2.32. The number of carboxylic acids is 1. The smallest absolute Gasteiger partial charge is 0.313 e. The molecule has 2 unspecified atom stereocenters. The molecule has 1 aromatic carbocycles. The minimum absolute atomic E-state index is 0.0503. The van der Waals surface area contributed by atoms with Gasteiger partial charge in [-0.05, 0) is 24.5 Å². The van der Waals surface area contributed by atoms with Crippen molar-refractivity contribution in [3.05, 3.63) is 35.4 Å². The molecule has 7 nitrogen and oxygen atoms in total. The number of rotatable bonds is 7. The number of carbonyl (C=O) groups excluding carboxylic acids is 2. The second kappa shape index (κ2) is 8.64. The fourth-order valence-corrected chi connectivity index (χ4v) is 3.33. The van der Waals surface area contributed by atoms with Crippen molar-refractivity contribution in [2.45, 2.75) is 26.3 Å². The molecule has 0 bridgehead atoms. The van der Waals surface area contributed by atoms with Gasteiger partial charge in [-0.2, -0.15) is 0 Å². The standard InChI is InChI=1S/C19H24F2N2O5/c1-11(2)15(22-16(24)14-12(20)5-4-6-13(14)21)17(25)23-8-7-19(9-23,10-28-3)18(26)27/h4-6,11,15H,7-10H2,1-3H3,(H,22,24)(H,26,27). The van der Waals surface area contributed by atoms with E-state index in [2.05, 4.69) is 5.32 Å². The molecule has 2 amide bonds. The number of ether oxygens (including phenoxy) is 1. The minimum Gasteiger partial charge on any atom is -0.481 e. The van der Waals surface area contributed by atoms with Crippen LogP contribution in [0.4, 0.5) is 8.78 Å². The maximum atomic E-state index is 13.9. The summed E-state index contributed by atoms with van der Waals surface area (Å²) in [4.78, 5) is 38.3. The second-order valence-corrected chi connectivity index (χ2v) is 7.32. The molecular formula is C19H24F2N2O5. The number of halogens is 2. The van der Waals surface area contributed by atoms with E-state index in [9.17, 15) is 28.3 Å². The maximum Gasteiger partial charge on any atom is 0.313 e. The van der Waals surface area contributed by atoms with Gasteiger partial charge in [0.25, 0.3) is 5.91 Å². The lowest BCUT2D eigenvalue weighted by Crippen LogP contribution is -2.52. The Labute approximate surface area is 161 Å². The Hall–Kier alpha value is -2.55. The first-order chi connectivity index (χ1) is 13.1. The van der Waals surface area contributed by atoms with E-state index in [0.29, 0.717) is 0 Å². The Morgan fingerprint density at radius 1 is 1.29 bits per heavy atom. The molecule has 2 N–H and O–H groups in total. The molecule has 1 saturated heterocycles. The Morgan fingerprint density at radius 3 is 2.39 bits per heavy atom. The van der Waals surface area contributed by atoms with E-state index in [1.165, 1.54) is 12.0 Å². The topological polar surface area (TPSA) is 95.9 Å². The molecule has 0 radical (unpaired) electrons. The molecule has 0 aliphatic carbocycles. The van der Waals surface area contributed by atoms with Crippen LogP contribution < -0.4 is 5.32 Å². The summed E-state index contributed by atoms with van der Waals surface area (Å²) in [6.07, 6.45) is 0.211. The van der Waals surface area contributed by atoms with E-state index in [4.69, 9.17) is 4.74 Å². The van der Waals surface area contributed by atoms with Crippen LogP contribution in [0.2, 0.25) is 0 Å². The summed E-state index contributed by atoms with van der Waals surface area (Å²) in [6.45, 7) is 3.42. The molecule has 154 valence electrons. The van der Waals surface area contributed by atoms with Gasteiger partial charge < -0.3 is 20.1 Å². The first kappa shape index (κ1) is 21.7. The first-order valence-electron chi connectivity index (χ1n) is 8.89. The van der Waals surface area contributed by atoms with Gasteiger partial charge in [-0.3, -0.25) is 14.4 Å². The van der Waals surface area contributed by atoms with Crippen molar-refractivity contribution in [1.29, 1.82) is 0 Å². The molecule has 1 heterocycles. The van der Waals surface area contributed by atoms with Crippen LogP contribution in [0.1, 0.15) is 30.6 Å². The monoisotopic (exact) mass is 398 g/mol. The van der Waals surface area contributed by atoms with Gasteiger partial charge >= 0.3 is 5.97 Å². The van der Waals surface area contributed by atoms with Crippen LogP contribution in [-0.2, 0) is 14.3 Å². The van der Waals surface area contributed by atoms with Crippen molar-refractivity contribution >= 4 is 17.8 Å². The summed E-state index contributed by atoms with van der Waals surface area (Å²) in [6, 6.07) is 1.99. The predicted molar refractivity (Wildman–Crippen MR) is 95.6 cm³/mol. The number of carbonyl (C=O) groups is 3. The zero-order valence-corrected chi connectivity index (χ0v) is 16.0. The molecule has 0 spiro atoms. The zero-order chi connectivity index (χ0) is 21.1. The summed E-state index contributed by atoms with van der Waals surface area (Å²) in [5, 5.41) is 11.9. The average molecular weight is 398 g/mol. The Kier molecular flexibility index (Phi) is 6.71. The van der Waals surface area contributed by atoms with Crippen LogP contribution in [0.15, 0.2) is 18.2 Å². The van der Waals surface area contributed by atoms with Crippen molar-refractivity contribution in [2.75, 3.05) is 26.8 Å². The van der Waals surface area contributed by atoms with E-state index in [-0.39, 0.29) is 32.0 Å². The van der Waals surface area contributed by atoms with Gasteiger partial charge in [-0.15, -0.1) is 0 Å². The molecule has 1 fully saturated rings. The zero-order valence-electron chi connectivity index (χ0n) is 16.0. The maximum absolute atomic E-state index is 13.9. The van der Waals surface area contributed by atoms with E-state index in [0.717, 1.165) is 18.2 Å². The average Bonchev–Trinajstić information content (AvgIpc) is 3.04. The third kappa shape index (κ3) is 4.30. The van der Waals surface area contributed by atoms with E-state index in [1.807, 2.05) is 0 Å². The number of aliphatic carboxylic acids is 1. The summed E-state index contributed by atoms with van der Waals surface area (Å²) in [5.41, 5.74) is -1.98. The van der Waals surface area contributed by atoms with Crippen LogP contribution in [0.5, 0.6) is 0 Å². The van der Waals surface area contributed by atoms with Crippen LogP contribution >= 0.6 is 0 Å². The van der Waals surface area contributed by atoms with Crippen LogP contribution in [0, 0.1) is 23.0 Å². The lowest BCUT2D eigenvalue weighted by molar-refractivity contribution is -0.151. The molecule has 1 aromatic rings. The van der Waals surface area contributed by atoms with Crippen LogP contribution in [-0.4, -0.2) is 60.6 Å². The van der Waals surface area contributed by atoms with Gasteiger partial charge in [0.2, 0.25) is 5.91 Å². The molecule has 1 aliphatic heterocycles. The van der Waals surface area contributed by atoms with Gasteiger partial charge in [0.1, 0.15) is 28.7 Å². The Bertz CT molecular complexity index is 750. The number of hydrogen-bond donors (Lipinski definition) is 2. The van der Waals surface area contributed by atoms with Crippen molar-refractivity contribution < 1.29 is 33.0 Å². The van der Waals surface area contributed by atoms with E-state index in [1.54, 1.807) is 13.8 Å². The number of amides is 2. The predicted octanol–water partition coefficient (Wildman–Crippen LogP) is 1.67. The molecule has 28 heavy (non-hydrogen) atoms. The number of nitrogens with zero attached hydrogens (tertiary/aromatic N) is 1. The highest BCUT2D eigenvalue weighted by atomic mass is 19.1. The van der Waals surface area contributed by atoms with E-state index >= 15 is 0 Å². The minimum atomic E-state index is -1.21. The Balaban J connectivity index is 2.19. The third-order valence-electron chi connectivity index (χ3n) is 4.95. The number of carboxylic acid groups (broad SMARTS) is 1. The molecule has 0 saturated carbocycles. The normalized spacial score (nSPS) is 20.3. The number of hydrogen-bond acceptors (Lipinski definition) is 4. The molecule has 1 aliphatic rings. The summed E-state index contributed by atoms with van der Waals surface area (Å²) >= 11 is 0. The molecule has 9 heteroatoms. The van der Waals surface area contributed by atoms with Gasteiger partial charge in [-0.25, -0.2) is 8.78 Å².